The summed E-state index contributed by atoms with van der Waals surface area (Å²) in [5.41, 5.74) is 0. The van der Waals surface area contributed by atoms with E-state index in [1.807, 2.05) is 0 Å². The molecule has 0 spiro atoms. The van der Waals surface area contributed by atoms with E-state index in [0.717, 1.165) is 17.5 Å². The van der Waals surface area contributed by atoms with Gasteiger partial charge in [0, 0.05) is 17.6 Å². The fraction of sp³-hybridized carbons (Fsp3) is 0.818. The van der Waals surface area contributed by atoms with Gasteiger partial charge in [-0.25, -0.2) is 0 Å². The van der Waals surface area contributed by atoms with Gasteiger partial charge >= 0.3 is 0 Å². The Kier molecular flexibility index (Phi) is 4.82. The standard InChI is InChI=1S/C11H20ClN/c1-9-4-3-5-11(7-6-9)13-8-10(2)12/h9,11,13H,2-8H2,1H3. The van der Waals surface area contributed by atoms with Crippen LogP contribution in [0.15, 0.2) is 11.6 Å². The molecule has 0 aromatic carbocycles. The summed E-state index contributed by atoms with van der Waals surface area (Å²) in [6.45, 7) is 6.80. The fourth-order valence-corrected chi connectivity index (χ4v) is 2.02. The van der Waals surface area contributed by atoms with Gasteiger partial charge in [-0.3, -0.25) is 0 Å². The number of nitrogens with one attached hydrogen (secondary N) is 1. The molecule has 1 fully saturated rings. The van der Waals surface area contributed by atoms with Crippen molar-refractivity contribution < 1.29 is 0 Å². The highest BCUT2D eigenvalue weighted by atomic mass is 35.5. The van der Waals surface area contributed by atoms with E-state index < -0.39 is 0 Å². The lowest BCUT2D eigenvalue weighted by Crippen LogP contribution is -2.29. The molecule has 13 heavy (non-hydrogen) atoms. The Balaban J connectivity index is 2.22. The van der Waals surface area contributed by atoms with Gasteiger partial charge in [-0.2, -0.15) is 0 Å². The zero-order valence-electron chi connectivity index (χ0n) is 8.48. The molecule has 1 aliphatic rings. The van der Waals surface area contributed by atoms with Gasteiger partial charge in [-0.05, 0) is 25.2 Å². The van der Waals surface area contributed by atoms with Gasteiger partial charge in [0.1, 0.15) is 0 Å². The highest BCUT2D eigenvalue weighted by Crippen LogP contribution is 2.22. The molecule has 1 rings (SSSR count). The average molecular weight is 202 g/mol. The highest BCUT2D eigenvalue weighted by Gasteiger charge is 2.15. The lowest BCUT2D eigenvalue weighted by Gasteiger charge is -2.15. The lowest BCUT2D eigenvalue weighted by atomic mass is 10.0. The summed E-state index contributed by atoms with van der Waals surface area (Å²) in [7, 11) is 0. The fourth-order valence-electron chi connectivity index (χ4n) is 1.95. The minimum atomic E-state index is 0.667. The van der Waals surface area contributed by atoms with Crippen molar-refractivity contribution in [2.75, 3.05) is 6.54 Å². The van der Waals surface area contributed by atoms with Gasteiger partial charge in [-0.15, -0.1) is 0 Å². The first-order chi connectivity index (χ1) is 6.18. The molecular formula is C11H20ClN. The van der Waals surface area contributed by atoms with Crippen LogP contribution in [0.3, 0.4) is 0 Å². The third-order valence-corrected chi connectivity index (χ3v) is 2.97. The van der Waals surface area contributed by atoms with Crippen molar-refractivity contribution in [2.45, 2.75) is 45.1 Å². The Labute approximate surface area is 86.5 Å². The van der Waals surface area contributed by atoms with Gasteiger partial charge < -0.3 is 5.32 Å². The van der Waals surface area contributed by atoms with E-state index in [1.54, 1.807) is 0 Å². The predicted molar refractivity (Wildman–Crippen MR) is 59.0 cm³/mol. The molecule has 2 heteroatoms. The van der Waals surface area contributed by atoms with Crippen molar-refractivity contribution in [2.24, 2.45) is 5.92 Å². The second-order valence-electron chi connectivity index (χ2n) is 4.21. The summed E-state index contributed by atoms with van der Waals surface area (Å²) in [5.74, 6) is 0.908. The van der Waals surface area contributed by atoms with E-state index in [1.165, 1.54) is 32.1 Å². The second-order valence-corrected chi connectivity index (χ2v) is 4.74. The van der Waals surface area contributed by atoms with Crippen LogP contribution in [0, 0.1) is 5.92 Å². The van der Waals surface area contributed by atoms with Gasteiger partial charge in [-0.1, -0.05) is 37.9 Å². The predicted octanol–water partition coefficient (Wildman–Crippen LogP) is 3.30. The molecule has 1 saturated carbocycles. The maximum atomic E-state index is 5.71. The Hall–Kier alpha value is -0.0100. The lowest BCUT2D eigenvalue weighted by molar-refractivity contribution is 0.463. The molecule has 0 saturated heterocycles. The normalized spacial score (nSPS) is 29.7. The summed E-state index contributed by atoms with van der Waals surface area (Å²) in [6, 6.07) is 0.667. The van der Waals surface area contributed by atoms with Crippen LogP contribution >= 0.6 is 11.6 Å². The number of hydrogen-bond donors (Lipinski definition) is 1. The van der Waals surface area contributed by atoms with E-state index in [9.17, 15) is 0 Å². The van der Waals surface area contributed by atoms with Crippen LogP contribution in [0.2, 0.25) is 0 Å². The third kappa shape index (κ3) is 4.68. The number of rotatable bonds is 3. The average Bonchev–Trinajstić information content (AvgIpc) is 2.27. The Morgan fingerprint density at radius 1 is 1.38 bits per heavy atom. The second kappa shape index (κ2) is 5.66. The molecule has 1 nitrogen and oxygen atoms in total. The summed E-state index contributed by atoms with van der Waals surface area (Å²) >= 11 is 5.71. The first kappa shape index (κ1) is 11.1. The third-order valence-electron chi connectivity index (χ3n) is 2.84. The van der Waals surface area contributed by atoms with Gasteiger partial charge in [0.2, 0.25) is 0 Å². The molecule has 0 aromatic rings. The largest absolute Gasteiger partial charge is 0.309 e. The van der Waals surface area contributed by atoms with Crippen LogP contribution in [0.25, 0.3) is 0 Å². The van der Waals surface area contributed by atoms with E-state index in [2.05, 4.69) is 18.8 Å². The first-order valence-corrected chi connectivity index (χ1v) is 5.63. The minimum absolute atomic E-state index is 0.667. The molecule has 0 aromatic heterocycles. The SMILES string of the molecule is C=C(Cl)CNC1CCCC(C)CC1. The topological polar surface area (TPSA) is 12.0 Å². The van der Waals surface area contributed by atoms with Crippen LogP contribution in [0.1, 0.15) is 39.0 Å². The summed E-state index contributed by atoms with van der Waals surface area (Å²) in [4.78, 5) is 0. The first-order valence-electron chi connectivity index (χ1n) is 5.25. The van der Waals surface area contributed by atoms with Crippen molar-refractivity contribution in [1.29, 1.82) is 0 Å². The van der Waals surface area contributed by atoms with Crippen molar-refractivity contribution in [3.63, 3.8) is 0 Å². The molecule has 0 bridgehead atoms. The van der Waals surface area contributed by atoms with Gasteiger partial charge in [0.15, 0.2) is 0 Å². The van der Waals surface area contributed by atoms with Crippen molar-refractivity contribution in [1.82, 2.24) is 5.32 Å². The Morgan fingerprint density at radius 2 is 2.15 bits per heavy atom. The van der Waals surface area contributed by atoms with E-state index in [4.69, 9.17) is 11.6 Å². The molecule has 0 radical (unpaired) electrons. The van der Waals surface area contributed by atoms with E-state index >= 15 is 0 Å². The highest BCUT2D eigenvalue weighted by molar-refractivity contribution is 6.29. The molecular weight excluding hydrogens is 182 g/mol. The molecule has 76 valence electrons. The Morgan fingerprint density at radius 3 is 2.85 bits per heavy atom. The van der Waals surface area contributed by atoms with Crippen molar-refractivity contribution >= 4 is 11.6 Å². The zero-order valence-corrected chi connectivity index (χ0v) is 9.24. The van der Waals surface area contributed by atoms with Crippen LogP contribution in [-0.4, -0.2) is 12.6 Å². The molecule has 1 aliphatic carbocycles. The number of halogens is 1. The quantitative estimate of drug-likeness (QED) is 0.691. The molecule has 2 atom stereocenters. The maximum Gasteiger partial charge on any atom is 0.0310 e. The number of hydrogen-bond acceptors (Lipinski definition) is 1. The monoisotopic (exact) mass is 201 g/mol. The molecule has 0 aliphatic heterocycles. The van der Waals surface area contributed by atoms with Crippen LogP contribution in [0.5, 0.6) is 0 Å². The summed E-state index contributed by atoms with van der Waals surface area (Å²) in [6.07, 6.45) is 6.69. The Bertz CT molecular complexity index is 167. The molecule has 0 amide bonds. The van der Waals surface area contributed by atoms with Gasteiger partial charge in [0.25, 0.3) is 0 Å². The van der Waals surface area contributed by atoms with Crippen molar-refractivity contribution in [3.05, 3.63) is 11.6 Å². The van der Waals surface area contributed by atoms with Crippen molar-refractivity contribution in [3.8, 4) is 0 Å². The zero-order chi connectivity index (χ0) is 9.68. The summed E-state index contributed by atoms with van der Waals surface area (Å²) < 4.78 is 0. The smallest absolute Gasteiger partial charge is 0.0310 e. The van der Waals surface area contributed by atoms with Crippen LogP contribution in [-0.2, 0) is 0 Å². The summed E-state index contributed by atoms with van der Waals surface area (Å²) in [5, 5.41) is 4.17. The van der Waals surface area contributed by atoms with E-state index in [-0.39, 0.29) is 0 Å². The van der Waals surface area contributed by atoms with Gasteiger partial charge in [0.05, 0.1) is 0 Å². The maximum absolute atomic E-state index is 5.71. The van der Waals surface area contributed by atoms with E-state index in [0.29, 0.717) is 6.04 Å². The van der Waals surface area contributed by atoms with Crippen LogP contribution in [0.4, 0.5) is 0 Å². The molecule has 2 unspecified atom stereocenters. The molecule has 1 N–H and O–H groups in total. The minimum Gasteiger partial charge on any atom is -0.309 e. The van der Waals surface area contributed by atoms with Crippen LogP contribution < -0.4 is 5.32 Å². The molecule has 0 heterocycles.